The van der Waals surface area contributed by atoms with Crippen molar-refractivity contribution in [1.29, 1.82) is 0 Å². The van der Waals surface area contributed by atoms with E-state index in [2.05, 4.69) is 5.32 Å². The first-order chi connectivity index (χ1) is 11.9. The zero-order valence-corrected chi connectivity index (χ0v) is 14.5. The number of carbonyl (C=O) groups is 2. The Morgan fingerprint density at radius 2 is 1.88 bits per heavy atom. The summed E-state index contributed by atoms with van der Waals surface area (Å²) in [6.45, 7) is 1.87. The number of benzene rings is 2. The Bertz CT molecular complexity index is 939. The Labute approximate surface area is 149 Å². The maximum Gasteiger partial charge on any atom is 0.330 e. The summed E-state index contributed by atoms with van der Waals surface area (Å²) >= 11 is 6.36. The molecule has 25 heavy (non-hydrogen) atoms. The molecule has 1 amide bonds. The normalized spacial score (nSPS) is 12.1. The van der Waals surface area contributed by atoms with E-state index in [9.17, 15) is 14.7 Å². The monoisotopic (exact) mass is 356 g/mol. The number of halogens is 1. The van der Waals surface area contributed by atoms with Crippen LogP contribution < -0.4 is 5.32 Å². The van der Waals surface area contributed by atoms with Crippen LogP contribution in [0.2, 0.25) is 5.02 Å². The van der Waals surface area contributed by atoms with Crippen LogP contribution in [-0.2, 0) is 11.8 Å². The van der Waals surface area contributed by atoms with Crippen LogP contribution in [0.25, 0.3) is 10.9 Å². The predicted molar refractivity (Wildman–Crippen MR) is 97.0 cm³/mol. The standard InChI is InChI=1S/C19H17ClN2O3/c1-11-6-5-7-12(10-11)16(19(24)25)21-18(23)17-15(20)13-8-3-4-9-14(13)22(17)2/h3-10,16H,1-2H3,(H,21,23)(H,24,25). The Morgan fingerprint density at radius 3 is 2.52 bits per heavy atom. The zero-order valence-electron chi connectivity index (χ0n) is 13.8. The molecule has 0 saturated heterocycles. The van der Waals surface area contributed by atoms with E-state index < -0.39 is 17.9 Å². The molecule has 0 spiro atoms. The second-order valence-corrected chi connectivity index (χ2v) is 6.28. The number of carbonyl (C=O) groups excluding carboxylic acids is 1. The van der Waals surface area contributed by atoms with Crippen molar-refractivity contribution < 1.29 is 14.7 Å². The van der Waals surface area contributed by atoms with Gasteiger partial charge < -0.3 is 15.0 Å². The van der Waals surface area contributed by atoms with Crippen molar-refractivity contribution in [2.24, 2.45) is 7.05 Å². The maximum absolute atomic E-state index is 12.7. The number of aliphatic carboxylic acids is 1. The summed E-state index contributed by atoms with van der Waals surface area (Å²) < 4.78 is 1.67. The Kier molecular flexibility index (Phi) is 4.51. The van der Waals surface area contributed by atoms with Crippen LogP contribution in [0, 0.1) is 6.92 Å². The lowest BCUT2D eigenvalue weighted by atomic mass is 10.0. The van der Waals surface area contributed by atoms with E-state index in [4.69, 9.17) is 11.6 Å². The van der Waals surface area contributed by atoms with E-state index in [1.54, 1.807) is 29.8 Å². The molecule has 3 aromatic rings. The van der Waals surface area contributed by atoms with Crippen molar-refractivity contribution in [3.05, 3.63) is 70.4 Å². The highest BCUT2D eigenvalue weighted by atomic mass is 35.5. The summed E-state index contributed by atoms with van der Waals surface area (Å²) in [6, 6.07) is 13.3. The lowest BCUT2D eigenvalue weighted by Gasteiger charge is -2.16. The maximum atomic E-state index is 12.7. The highest BCUT2D eigenvalue weighted by Crippen LogP contribution is 2.30. The number of amides is 1. The van der Waals surface area contributed by atoms with Crippen molar-refractivity contribution in [3.63, 3.8) is 0 Å². The molecule has 1 aromatic heterocycles. The van der Waals surface area contributed by atoms with Gasteiger partial charge in [0.2, 0.25) is 0 Å². The van der Waals surface area contributed by atoms with Crippen LogP contribution in [-0.4, -0.2) is 21.6 Å². The van der Waals surface area contributed by atoms with Gasteiger partial charge >= 0.3 is 5.97 Å². The number of para-hydroxylation sites is 1. The average molecular weight is 357 g/mol. The molecule has 128 valence electrons. The fraction of sp³-hybridized carbons (Fsp3) is 0.158. The van der Waals surface area contributed by atoms with E-state index in [0.29, 0.717) is 10.6 Å². The number of nitrogens with one attached hydrogen (secondary N) is 1. The third-order valence-corrected chi connectivity index (χ3v) is 4.54. The van der Waals surface area contributed by atoms with Crippen molar-refractivity contribution in [2.45, 2.75) is 13.0 Å². The number of fused-ring (bicyclic) bond motifs is 1. The molecule has 1 atom stereocenters. The van der Waals surface area contributed by atoms with Crippen LogP contribution in [0.1, 0.15) is 27.7 Å². The van der Waals surface area contributed by atoms with E-state index in [1.165, 1.54) is 0 Å². The Hall–Kier alpha value is -2.79. The quantitative estimate of drug-likeness (QED) is 0.748. The lowest BCUT2D eigenvalue weighted by Crippen LogP contribution is -2.34. The molecule has 0 bridgehead atoms. The summed E-state index contributed by atoms with van der Waals surface area (Å²) in [5, 5.41) is 13.2. The first-order valence-corrected chi connectivity index (χ1v) is 8.11. The molecule has 5 nitrogen and oxygen atoms in total. The average Bonchev–Trinajstić information content (AvgIpc) is 2.84. The second-order valence-electron chi connectivity index (χ2n) is 5.90. The number of carboxylic acid groups (broad SMARTS) is 1. The van der Waals surface area contributed by atoms with Crippen molar-refractivity contribution in [1.82, 2.24) is 9.88 Å². The molecule has 0 radical (unpaired) electrons. The minimum Gasteiger partial charge on any atom is -0.479 e. The topological polar surface area (TPSA) is 71.3 Å². The highest BCUT2D eigenvalue weighted by Gasteiger charge is 2.26. The van der Waals surface area contributed by atoms with Crippen molar-refractivity contribution in [2.75, 3.05) is 0 Å². The SMILES string of the molecule is Cc1cccc(C(NC(=O)c2c(Cl)c3ccccc3n2C)C(=O)O)c1. The predicted octanol–water partition coefficient (Wildman–Crippen LogP) is 3.70. The Balaban J connectivity index is 1.99. The summed E-state index contributed by atoms with van der Waals surface area (Å²) in [5.41, 5.74) is 2.47. The number of hydrogen-bond donors (Lipinski definition) is 2. The fourth-order valence-electron chi connectivity index (χ4n) is 2.94. The lowest BCUT2D eigenvalue weighted by molar-refractivity contribution is -0.139. The number of carboxylic acids is 1. The van der Waals surface area contributed by atoms with Gasteiger partial charge in [-0.3, -0.25) is 4.79 Å². The minimum absolute atomic E-state index is 0.238. The van der Waals surface area contributed by atoms with Gasteiger partial charge in [-0.2, -0.15) is 0 Å². The largest absolute Gasteiger partial charge is 0.479 e. The number of aryl methyl sites for hydroxylation is 2. The minimum atomic E-state index is -1.15. The molecule has 2 aromatic carbocycles. The molecular formula is C19H17ClN2O3. The molecule has 6 heteroatoms. The second kappa shape index (κ2) is 6.61. The summed E-state index contributed by atoms with van der Waals surface area (Å²) in [7, 11) is 1.73. The summed E-state index contributed by atoms with van der Waals surface area (Å²) in [6.07, 6.45) is 0. The van der Waals surface area contributed by atoms with Gasteiger partial charge in [0.15, 0.2) is 6.04 Å². The third-order valence-electron chi connectivity index (χ3n) is 4.16. The number of rotatable bonds is 4. The molecule has 0 aliphatic heterocycles. The molecule has 0 fully saturated rings. The molecule has 3 rings (SSSR count). The molecule has 2 N–H and O–H groups in total. The van der Waals surface area contributed by atoms with E-state index in [1.807, 2.05) is 37.3 Å². The summed E-state index contributed by atoms with van der Waals surface area (Å²) in [4.78, 5) is 24.4. The molecule has 0 saturated carbocycles. The first kappa shape index (κ1) is 17.0. The first-order valence-electron chi connectivity index (χ1n) is 7.73. The number of aromatic nitrogens is 1. The number of nitrogens with zero attached hydrogens (tertiary/aromatic N) is 1. The smallest absolute Gasteiger partial charge is 0.330 e. The molecule has 0 aliphatic rings. The van der Waals surface area contributed by atoms with Crippen molar-refractivity contribution >= 4 is 34.4 Å². The molecule has 1 unspecified atom stereocenters. The zero-order chi connectivity index (χ0) is 18.1. The highest BCUT2D eigenvalue weighted by molar-refractivity contribution is 6.38. The van der Waals surface area contributed by atoms with Crippen LogP contribution >= 0.6 is 11.6 Å². The van der Waals surface area contributed by atoms with E-state index in [0.717, 1.165) is 16.5 Å². The van der Waals surface area contributed by atoms with Gasteiger partial charge in [0.1, 0.15) is 5.69 Å². The van der Waals surface area contributed by atoms with Gasteiger partial charge in [-0.1, -0.05) is 59.6 Å². The van der Waals surface area contributed by atoms with E-state index in [-0.39, 0.29) is 5.69 Å². The third kappa shape index (κ3) is 3.10. The van der Waals surface area contributed by atoms with Crippen LogP contribution in [0.5, 0.6) is 0 Å². The van der Waals surface area contributed by atoms with Gasteiger partial charge in [0, 0.05) is 18.0 Å². The van der Waals surface area contributed by atoms with Crippen LogP contribution in [0.15, 0.2) is 48.5 Å². The molecule has 0 aliphatic carbocycles. The molecular weight excluding hydrogens is 340 g/mol. The summed E-state index contributed by atoms with van der Waals surface area (Å²) in [5.74, 6) is -1.66. The van der Waals surface area contributed by atoms with Gasteiger partial charge in [-0.25, -0.2) is 4.79 Å². The van der Waals surface area contributed by atoms with Crippen molar-refractivity contribution in [3.8, 4) is 0 Å². The van der Waals surface area contributed by atoms with Crippen LogP contribution in [0.3, 0.4) is 0 Å². The van der Waals surface area contributed by atoms with Gasteiger partial charge in [-0.15, -0.1) is 0 Å². The number of hydrogen-bond acceptors (Lipinski definition) is 2. The van der Waals surface area contributed by atoms with Gasteiger partial charge in [-0.05, 0) is 18.6 Å². The van der Waals surface area contributed by atoms with Crippen LogP contribution in [0.4, 0.5) is 0 Å². The van der Waals surface area contributed by atoms with E-state index >= 15 is 0 Å². The Morgan fingerprint density at radius 1 is 1.16 bits per heavy atom. The fourth-order valence-corrected chi connectivity index (χ4v) is 3.31. The van der Waals surface area contributed by atoms with Gasteiger partial charge in [0.05, 0.1) is 5.02 Å². The molecule has 1 heterocycles. The van der Waals surface area contributed by atoms with Gasteiger partial charge in [0.25, 0.3) is 5.91 Å².